The quantitative estimate of drug-likeness (QED) is 0.780. The summed E-state index contributed by atoms with van der Waals surface area (Å²) < 4.78 is 0. The molecule has 2 atom stereocenters. The van der Waals surface area contributed by atoms with Crippen molar-refractivity contribution in [2.45, 2.75) is 38.8 Å². The van der Waals surface area contributed by atoms with Gasteiger partial charge in [-0.25, -0.2) is 0 Å². The molecule has 0 saturated carbocycles. The molecular weight excluding hydrogens is 208 g/mol. The molecule has 0 spiro atoms. The van der Waals surface area contributed by atoms with Crippen LogP contribution in [0.25, 0.3) is 0 Å². The average Bonchev–Trinajstić information content (AvgIpc) is 2.34. The Balaban J connectivity index is 2.47. The fraction of sp³-hybridized carbons (Fsp3) is 0.600. The van der Waals surface area contributed by atoms with Gasteiger partial charge in [-0.05, 0) is 46.0 Å². The van der Waals surface area contributed by atoms with E-state index in [1.165, 1.54) is 12.0 Å². The number of hydrogen-bond acceptors (Lipinski definition) is 2. The Morgan fingerprint density at radius 2 is 1.82 bits per heavy atom. The molecule has 0 aliphatic carbocycles. The van der Waals surface area contributed by atoms with Crippen molar-refractivity contribution in [2.75, 3.05) is 20.6 Å². The first-order valence-electron chi connectivity index (χ1n) is 6.59. The Morgan fingerprint density at radius 1 is 1.18 bits per heavy atom. The van der Waals surface area contributed by atoms with Gasteiger partial charge in [-0.15, -0.1) is 0 Å². The van der Waals surface area contributed by atoms with Gasteiger partial charge in [0.05, 0.1) is 0 Å². The lowest BCUT2D eigenvalue weighted by Gasteiger charge is -2.23. The van der Waals surface area contributed by atoms with Crippen LogP contribution in [0.2, 0.25) is 0 Å². The van der Waals surface area contributed by atoms with Crippen molar-refractivity contribution >= 4 is 0 Å². The van der Waals surface area contributed by atoms with E-state index in [0.717, 1.165) is 13.0 Å². The summed E-state index contributed by atoms with van der Waals surface area (Å²) in [5, 5.41) is 3.71. The van der Waals surface area contributed by atoms with E-state index in [2.05, 4.69) is 68.5 Å². The first-order chi connectivity index (χ1) is 8.13. The molecule has 2 heteroatoms. The normalized spacial score (nSPS) is 14.9. The van der Waals surface area contributed by atoms with Crippen LogP contribution in [-0.4, -0.2) is 31.6 Å². The van der Waals surface area contributed by atoms with Crippen LogP contribution in [0.4, 0.5) is 0 Å². The van der Waals surface area contributed by atoms with Crippen molar-refractivity contribution in [1.29, 1.82) is 0 Å². The number of nitrogens with zero attached hydrogens (tertiary/aromatic N) is 1. The maximum Gasteiger partial charge on any atom is 0.0319 e. The van der Waals surface area contributed by atoms with E-state index in [1.54, 1.807) is 0 Å². The lowest BCUT2D eigenvalue weighted by molar-refractivity contribution is 0.347. The molecule has 2 unspecified atom stereocenters. The van der Waals surface area contributed by atoms with Crippen LogP contribution in [0.1, 0.15) is 38.3 Å². The highest BCUT2D eigenvalue weighted by atomic mass is 15.1. The average molecular weight is 234 g/mol. The van der Waals surface area contributed by atoms with Crippen molar-refractivity contribution in [2.24, 2.45) is 0 Å². The molecule has 0 bridgehead atoms. The van der Waals surface area contributed by atoms with Crippen LogP contribution >= 0.6 is 0 Å². The van der Waals surface area contributed by atoms with Gasteiger partial charge in [0.1, 0.15) is 0 Å². The van der Waals surface area contributed by atoms with Gasteiger partial charge in [0.2, 0.25) is 0 Å². The van der Waals surface area contributed by atoms with Crippen LogP contribution in [-0.2, 0) is 0 Å². The van der Waals surface area contributed by atoms with Crippen molar-refractivity contribution < 1.29 is 0 Å². The molecule has 1 rings (SSSR count). The van der Waals surface area contributed by atoms with Crippen molar-refractivity contribution in [3.05, 3.63) is 35.9 Å². The van der Waals surface area contributed by atoms with Crippen LogP contribution in [0, 0.1) is 0 Å². The number of benzene rings is 1. The van der Waals surface area contributed by atoms with E-state index in [9.17, 15) is 0 Å². The second kappa shape index (κ2) is 7.46. The molecule has 0 radical (unpaired) electrons. The molecule has 96 valence electrons. The molecule has 0 aliphatic rings. The Kier molecular flexibility index (Phi) is 6.23. The molecule has 1 aromatic carbocycles. The van der Waals surface area contributed by atoms with Crippen molar-refractivity contribution in [1.82, 2.24) is 10.2 Å². The maximum atomic E-state index is 3.71. The molecule has 0 amide bonds. The van der Waals surface area contributed by atoms with Crippen molar-refractivity contribution in [3.63, 3.8) is 0 Å². The summed E-state index contributed by atoms with van der Waals surface area (Å²) in [7, 11) is 4.25. The maximum absolute atomic E-state index is 3.71. The largest absolute Gasteiger partial charge is 0.309 e. The summed E-state index contributed by atoms with van der Waals surface area (Å²) in [4.78, 5) is 2.24. The fourth-order valence-electron chi connectivity index (χ4n) is 2.01. The zero-order valence-corrected chi connectivity index (χ0v) is 11.6. The molecule has 17 heavy (non-hydrogen) atoms. The first kappa shape index (κ1) is 14.2. The van der Waals surface area contributed by atoms with Gasteiger partial charge in [0.25, 0.3) is 0 Å². The van der Waals surface area contributed by atoms with E-state index in [1.807, 2.05) is 0 Å². The number of rotatable bonds is 7. The van der Waals surface area contributed by atoms with Crippen LogP contribution < -0.4 is 5.32 Å². The highest BCUT2D eigenvalue weighted by molar-refractivity contribution is 5.18. The SMILES string of the molecule is CCC(NC(C)CCN(C)C)c1ccccc1. The summed E-state index contributed by atoms with van der Waals surface area (Å²) >= 11 is 0. The molecular formula is C15H26N2. The fourth-order valence-corrected chi connectivity index (χ4v) is 2.01. The molecule has 0 aromatic heterocycles. The zero-order valence-electron chi connectivity index (χ0n) is 11.6. The standard InChI is InChI=1S/C15H26N2/c1-5-15(14-9-7-6-8-10-14)16-13(2)11-12-17(3)4/h6-10,13,15-16H,5,11-12H2,1-4H3. The van der Waals surface area contributed by atoms with Gasteiger partial charge in [0, 0.05) is 12.1 Å². The van der Waals surface area contributed by atoms with Gasteiger partial charge in [-0.2, -0.15) is 0 Å². The molecule has 0 saturated heterocycles. The van der Waals surface area contributed by atoms with Crippen LogP contribution in [0.5, 0.6) is 0 Å². The third-order valence-electron chi connectivity index (χ3n) is 3.11. The van der Waals surface area contributed by atoms with Crippen LogP contribution in [0.3, 0.4) is 0 Å². The Bertz CT molecular complexity index is 295. The Labute approximate surface area is 106 Å². The predicted octanol–water partition coefficient (Wildman–Crippen LogP) is 3.07. The second-order valence-electron chi connectivity index (χ2n) is 5.03. The zero-order chi connectivity index (χ0) is 12.7. The minimum Gasteiger partial charge on any atom is -0.309 e. The third kappa shape index (κ3) is 5.33. The molecule has 1 N–H and O–H groups in total. The monoisotopic (exact) mass is 234 g/mol. The molecule has 0 heterocycles. The molecule has 0 fully saturated rings. The smallest absolute Gasteiger partial charge is 0.0319 e. The predicted molar refractivity (Wildman–Crippen MR) is 75.2 cm³/mol. The summed E-state index contributed by atoms with van der Waals surface area (Å²) in [6.07, 6.45) is 2.33. The minimum atomic E-state index is 0.480. The Morgan fingerprint density at radius 3 is 2.35 bits per heavy atom. The lowest BCUT2D eigenvalue weighted by atomic mass is 10.0. The number of hydrogen-bond donors (Lipinski definition) is 1. The summed E-state index contributed by atoms with van der Waals surface area (Å²) in [5.74, 6) is 0. The first-order valence-corrected chi connectivity index (χ1v) is 6.59. The van der Waals surface area contributed by atoms with Crippen molar-refractivity contribution in [3.8, 4) is 0 Å². The highest BCUT2D eigenvalue weighted by Crippen LogP contribution is 2.17. The number of nitrogens with one attached hydrogen (secondary N) is 1. The highest BCUT2D eigenvalue weighted by Gasteiger charge is 2.11. The third-order valence-corrected chi connectivity index (χ3v) is 3.11. The van der Waals surface area contributed by atoms with Gasteiger partial charge in [0.15, 0.2) is 0 Å². The van der Waals surface area contributed by atoms with Gasteiger partial charge < -0.3 is 10.2 Å². The van der Waals surface area contributed by atoms with E-state index in [4.69, 9.17) is 0 Å². The second-order valence-corrected chi connectivity index (χ2v) is 5.03. The van der Waals surface area contributed by atoms with Gasteiger partial charge in [-0.3, -0.25) is 0 Å². The minimum absolute atomic E-state index is 0.480. The molecule has 2 nitrogen and oxygen atoms in total. The van der Waals surface area contributed by atoms with Gasteiger partial charge in [-0.1, -0.05) is 37.3 Å². The van der Waals surface area contributed by atoms with E-state index >= 15 is 0 Å². The molecule has 1 aromatic rings. The lowest BCUT2D eigenvalue weighted by Crippen LogP contribution is -2.32. The van der Waals surface area contributed by atoms with E-state index in [0.29, 0.717) is 12.1 Å². The Hall–Kier alpha value is -0.860. The summed E-state index contributed by atoms with van der Waals surface area (Å²) in [6.45, 7) is 5.65. The van der Waals surface area contributed by atoms with Gasteiger partial charge >= 0.3 is 0 Å². The van der Waals surface area contributed by atoms with E-state index < -0.39 is 0 Å². The van der Waals surface area contributed by atoms with Crippen LogP contribution in [0.15, 0.2) is 30.3 Å². The summed E-state index contributed by atoms with van der Waals surface area (Å²) in [5.41, 5.74) is 1.40. The van der Waals surface area contributed by atoms with E-state index in [-0.39, 0.29) is 0 Å². The summed E-state index contributed by atoms with van der Waals surface area (Å²) in [6, 6.07) is 11.8. The molecule has 0 aliphatic heterocycles. The topological polar surface area (TPSA) is 15.3 Å².